The molecule has 0 fully saturated rings. The van der Waals surface area contributed by atoms with Gasteiger partial charge in [0, 0.05) is 6.61 Å². The van der Waals surface area contributed by atoms with Crippen molar-refractivity contribution in [3.8, 4) is 11.1 Å². The predicted molar refractivity (Wildman–Crippen MR) is 122 cm³/mol. The normalized spacial score (nSPS) is 14.2. The summed E-state index contributed by atoms with van der Waals surface area (Å²) in [5.41, 5.74) is 4.31. The minimum absolute atomic E-state index is 0.236. The summed E-state index contributed by atoms with van der Waals surface area (Å²) < 4.78 is 5.88. The molecule has 31 heavy (non-hydrogen) atoms. The maximum absolute atomic E-state index is 13.0. The third-order valence-corrected chi connectivity index (χ3v) is 5.48. The van der Waals surface area contributed by atoms with Crippen molar-refractivity contribution >= 4 is 11.8 Å². The summed E-state index contributed by atoms with van der Waals surface area (Å²) >= 11 is 0. The van der Waals surface area contributed by atoms with Gasteiger partial charge in [-0.25, -0.2) is 0 Å². The number of hydrogen-bond donors (Lipinski definition) is 0. The minimum atomic E-state index is -0.353. The number of carbonyl (C=O) groups is 2. The van der Waals surface area contributed by atoms with E-state index in [1.165, 1.54) is 4.90 Å². The molecule has 4 heteroatoms. The van der Waals surface area contributed by atoms with Gasteiger partial charge in [0.1, 0.15) is 0 Å². The van der Waals surface area contributed by atoms with E-state index in [1.54, 1.807) is 24.3 Å². The molecule has 4 nitrogen and oxygen atoms in total. The fraction of sp³-hybridized carbons (Fsp3) is 0.259. The van der Waals surface area contributed by atoms with Crippen molar-refractivity contribution in [2.75, 3.05) is 13.2 Å². The van der Waals surface area contributed by atoms with Gasteiger partial charge in [0.25, 0.3) is 11.8 Å². The zero-order chi connectivity index (χ0) is 21.8. The van der Waals surface area contributed by atoms with Gasteiger partial charge < -0.3 is 4.74 Å². The Morgan fingerprint density at radius 3 is 1.84 bits per heavy atom. The average molecular weight is 414 g/mol. The number of nitrogens with zero attached hydrogens (tertiary/aromatic N) is 1. The number of rotatable bonds is 8. The summed E-state index contributed by atoms with van der Waals surface area (Å²) in [5.74, 6) is -0.0905. The van der Waals surface area contributed by atoms with Crippen LogP contribution in [-0.2, 0) is 11.2 Å². The molecule has 0 radical (unpaired) electrons. The molecule has 0 unspecified atom stereocenters. The van der Waals surface area contributed by atoms with Gasteiger partial charge in [0.15, 0.2) is 0 Å². The molecule has 0 N–H and O–H groups in total. The Hall–Kier alpha value is -3.24. The maximum Gasteiger partial charge on any atom is 0.261 e. The Labute approximate surface area is 183 Å². The van der Waals surface area contributed by atoms with Crippen molar-refractivity contribution in [3.63, 3.8) is 0 Å². The Bertz CT molecular complexity index is 1020. The standard InChI is InChI=1S/C27H27NO3/c1-19(2)17-31-18-23(28-26(29)24-10-6-7-11-25(24)27(28)30)16-20-12-14-22(15-13-20)21-8-4-3-5-9-21/h3-15,19,23H,16-18H2,1-2H3/t23-/m1/s1. The summed E-state index contributed by atoms with van der Waals surface area (Å²) in [5, 5.41) is 0. The summed E-state index contributed by atoms with van der Waals surface area (Å²) in [6.45, 7) is 5.08. The summed E-state index contributed by atoms with van der Waals surface area (Å²) in [6.07, 6.45) is 0.554. The third kappa shape index (κ3) is 4.59. The van der Waals surface area contributed by atoms with Crippen LogP contribution in [0, 0.1) is 5.92 Å². The molecule has 3 aromatic carbocycles. The Morgan fingerprint density at radius 1 is 0.710 bits per heavy atom. The molecule has 4 rings (SSSR count). The maximum atomic E-state index is 13.0. The molecule has 2 amide bonds. The van der Waals surface area contributed by atoms with Crippen LogP contribution in [-0.4, -0.2) is 36.0 Å². The number of ether oxygens (including phenoxy) is 1. The molecule has 3 aromatic rings. The van der Waals surface area contributed by atoms with Gasteiger partial charge in [-0.05, 0) is 41.2 Å². The first-order chi connectivity index (χ1) is 15.0. The Balaban J connectivity index is 1.56. The number of benzene rings is 3. The van der Waals surface area contributed by atoms with Crippen molar-refractivity contribution in [1.82, 2.24) is 4.90 Å². The van der Waals surface area contributed by atoms with E-state index >= 15 is 0 Å². The topological polar surface area (TPSA) is 46.6 Å². The van der Waals surface area contributed by atoms with E-state index in [0.717, 1.165) is 16.7 Å². The van der Waals surface area contributed by atoms with Gasteiger partial charge in [-0.3, -0.25) is 14.5 Å². The molecule has 0 bridgehead atoms. The van der Waals surface area contributed by atoms with Crippen LogP contribution in [0.3, 0.4) is 0 Å². The first kappa shape index (κ1) is 21.0. The predicted octanol–water partition coefficient (Wildman–Crippen LogP) is 5.23. The van der Waals surface area contributed by atoms with Crippen molar-refractivity contribution in [1.29, 1.82) is 0 Å². The Morgan fingerprint density at radius 2 is 1.26 bits per heavy atom. The molecule has 1 aliphatic rings. The zero-order valence-corrected chi connectivity index (χ0v) is 18.0. The second-order valence-electron chi connectivity index (χ2n) is 8.38. The summed E-state index contributed by atoms with van der Waals surface area (Å²) in [6, 6.07) is 25.2. The number of amides is 2. The van der Waals surface area contributed by atoms with Gasteiger partial charge in [0.2, 0.25) is 0 Å². The van der Waals surface area contributed by atoms with Crippen LogP contribution >= 0.6 is 0 Å². The molecule has 0 aliphatic carbocycles. The molecule has 0 aromatic heterocycles. The summed E-state index contributed by atoms with van der Waals surface area (Å²) in [4.78, 5) is 27.4. The fourth-order valence-electron chi connectivity index (χ4n) is 3.94. The molecular weight excluding hydrogens is 386 g/mol. The fourth-order valence-corrected chi connectivity index (χ4v) is 3.94. The van der Waals surface area contributed by atoms with E-state index in [9.17, 15) is 9.59 Å². The lowest BCUT2D eigenvalue weighted by Crippen LogP contribution is -2.44. The van der Waals surface area contributed by atoms with Crippen molar-refractivity contribution in [2.45, 2.75) is 26.3 Å². The molecule has 0 saturated heterocycles. The van der Waals surface area contributed by atoms with Crippen LogP contribution in [0.25, 0.3) is 11.1 Å². The smallest absolute Gasteiger partial charge is 0.261 e. The zero-order valence-electron chi connectivity index (χ0n) is 18.0. The molecule has 1 atom stereocenters. The monoisotopic (exact) mass is 413 g/mol. The highest BCUT2D eigenvalue weighted by Gasteiger charge is 2.39. The highest BCUT2D eigenvalue weighted by Crippen LogP contribution is 2.27. The summed E-state index contributed by atoms with van der Waals surface area (Å²) in [7, 11) is 0. The van der Waals surface area contributed by atoms with Crippen molar-refractivity contribution in [2.24, 2.45) is 5.92 Å². The van der Waals surface area contributed by atoms with Gasteiger partial charge in [0.05, 0.1) is 23.8 Å². The highest BCUT2D eigenvalue weighted by atomic mass is 16.5. The van der Waals surface area contributed by atoms with E-state index in [4.69, 9.17) is 4.74 Å². The van der Waals surface area contributed by atoms with Gasteiger partial charge >= 0.3 is 0 Å². The second kappa shape index (κ2) is 9.27. The molecule has 1 aliphatic heterocycles. The van der Waals surface area contributed by atoms with Gasteiger partial charge in [-0.15, -0.1) is 0 Å². The van der Waals surface area contributed by atoms with Crippen LogP contribution in [0.4, 0.5) is 0 Å². The molecule has 158 valence electrons. The third-order valence-electron chi connectivity index (χ3n) is 5.48. The van der Waals surface area contributed by atoms with Crippen LogP contribution in [0.15, 0.2) is 78.9 Å². The van der Waals surface area contributed by atoms with E-state index in [-0.39, 0.29) is 17.9 Å². The van der Waals surface area contributed by atoms with Crippen molar-refractivity contribution < 1.29 is 14.3 Å². The van der Waals surface area contributed by atoms with Crippen LogP contribution in [0.2, 0.25) is 0 Å². The SMILES string of the molecule is CC(C)COC[C@@H](Cc1ccc(-c2ccccc2)cc1)N1C(=O)c2ccccc2C1=O. The van der Waals surface area contributed by atoms with E-state index in [2.05, 4.69) is 50.2 Å². The lowest BCUT2D eigenvalue weighted by atomic mass is 10.00. The van der Waals surface area contributed by atoms with Crippen LogP contribution < -0.4 is 0 Å². The van der Waals surface area contributed by atoms with Gasteiger partial charge in [-0.1, -0.05) is 80.6 Å². The largest absolute Gasteiger partial charge is 0.379 e. The number of carbonyl (C=O) groups excluding carboxylic acids is 2. The van der Waals surface area contributed by atoms with E-state index in [0.29, 0.717) is 36.7 Å². The number of imide groups is 1. The van der Waals surface area contributed by atoms with Crippen LogP contribution in [0.5, 0.6) is 0 Å². The first-order valence-electron chi connectivity index (χ1n) is 10.7. The highest BCUT2D eigenvalue weighted by molar-refractivity contribution is 6.21. The molecule has 0 saturated carbocycles. The number of hydrogen-bond acceptors (Lipinski definition) is 3. The second-order valence-corrected chi connectivity index (χ2v) is 8.38. The van der Waals surface area contributed by atoms with Crippen molar-refractivity contribution in [3.05, 3.63) is 95.6 Å². The van der Waals surface area contributed by atoms with E-state index in [1.807, 2.05) is 18.2 Å². The first-order valence-corrected chi connectivity index (χ1v) is 10.7. The van der Waals surface area contributed by atoms with E-state index < -0.39 is 0 Å². The molecule has 1 heterocycles. The number of fused-ring (bicyclic) bond motifs is 1. The molecule has 0 spiro atoms. The van der Waals surface area contributed by atoms with Gasteiger partial charge in [-0.2, -0.15) is 0 Å². The van der Waals surface area contributed by atoms with Crippen LogP contribution in [0.1, 0.15) is 40.1 Å². The quantitative estimate of drug-likeness (QED) is 0.475. The Kier molecular flexibility index (Phi) is 6.28. The lowest BCUT2D eigenvalue weighted by Gasteiger charge is -2.27. The minimum Gasteiger partial charge on any atom is -0.379 e. The molecular formula is C27H27NO3. The lowest BCUT2D eigenvalue weighted by molar-refractivity contribution is 0.0350. The average Bonchev–Trinajstić information content (AvgIpc) is 3.04.